The van der Waals surface area contributed by atoms with Crippen LogP contribution in [-0.4, -0.2) is 31.2 Å². The van der Waals surface area contributed by atoms with Gasteiger partial charge in [0, 0.05) is 37.3 Å². The Kier molecular flexibility index (Phi) is 2.76. The molecule has 2 aromatic rings. The van der Waals surface area contributed by atoms with Crippen molar-refractivity contribution in [3.05, 3.63) is 40.4 Å². The predicted molar refractivity (Wildman–Crippen MR) is 69.6 cm³/mol. The minimum absolute atomic E-state index is 0.667. The van der Waals surface area contributed by atoms with Gasteiger partial charge in [-0.05, 0) is 18.2 Å². The van der Waals surface area contributed by atoms with Gasteiger partial charge >= 0.3 is 0 Å². The number of rotatable bonds is 1. The number of H-pyrrole nitrogens is 1. The van der Waals surface area contributed by atoms with Crippen LogP contribution in [0.25, 0.3) is 10.9 Å². The average molecular weight is 247 g/mol. The van der Waals surface area contributed by atoms with E-state index in [1.165, 1.54) is 6.07 Å². The summed E-state index contributed by atoms with van der Waals surface area (Å²) in [5.41, 5.74) is 1.07. The zero-order valence-electron chi connectivity index (χ0n) is 9.87. The third kappa shape index (κ3) is 1.97. The Balaban J connectivity index is 2.04. The summed E-state index contributed by atoms with van der Waals surface area (Å²) < 4.78 is 13.1. The van der Waals surface area contributed by atoms with E-state index < -0.39 is 11.4 Å². The fourth-order valence-corrected chi connectivity index (χ4v) is 2.28. The van der Waals surface area contributed by atoms with Crippen molar-refractivity contribution in [2.24, 2.45) is 0 Å². The van der Waals surface area contributed by atoms with E-state index in [1.807, 2.05) is 18.2 Å². The Hall–Kier alpha value is -1.88. The molecule has 0 bridgehead atoms. The number of anilines is 1. The first-order valence-corrected chi connectivity index (χ1v) is 6.02. The summed E-state index contributed by atoms with van der Waals surface area (Å²) in [6.07, 6.45) is 0. The van der Waals surface area contributed by atoms with E-state index in [4.69, 9.17) is 0 Å². The van der Waals surface area contributed by atoms with Crippen LogP contribution in [0, 0.1) is 5.82 Å². The summed E-state index contributed by atoms with van der Waals surface area (Å²) in [7, 11) is 0. The molecule has 0 atom stereocenters. The Morgan fingerprint density at radius 3 is 2.72 bits per heavy atom. The molecule has 1 aromatic carbocycles. The summed E-state index contributed by atoms with van der Waals surface area (Å²) in [4.78, 5) is 16.1. The predicted octanol–water partition coefficient (Wildman–Crippen LogP) is 1.08. The maximum absolute atomic E-state index is 13.1. The van der Waals surface area contributed by atoms with Gasteiger partial charge in [-0.3, -0.25) is 4.79 Å². The molecule has 0 unspecified atom stereocenters. The lowest BCUT2D eigenvalue weighted by atomic mass is 10.1. The second kappa shape index (κ2) is 4.42. The lowest BCUT2D eigenvalue weighted by molar-refractivity contribution is 0.589. The highest BCUT2D eigenvalue weighted by molar-refractivity contribution is 5.82. The number of nitrogens with zero attached hydrogens (tertiary/aromatic N) is 1. The normalized spacial score (nSPS) is 16.2. The Bertz CT molecular complexity index is 632. The van der Waals surface area contributed by atoms with Crippen LogP contribution in [0.5, 0.6) is 0 Å². The molecular formula is C13H14FN3O. The molecule has 0 saturated carbocycles. The zero-order chi connectivity index (χ0) is 12.5. The SMILES string of the molecule is O=c1[nH]c2cc(N3CCNCC3)ccc2cc1F. The lowest BCUT2D eigenvalue weighted by Gasteiger charge is -2.29. The summed E-state index contributed by atoms with van der Waals surface area (Å²) >= 11 is 0. The first-order chi connectivity index (χ1) is 8.74. The number of aromatic nitrogens is 1. The molecule has 1 aliphatic rings. The van der Waals surface area contributed by atoms with E-state index in [9.17, 15) is 9.18 Å². The van der Waals surface area contributed by atoms with Gasteiger partial charge in [-0.25, -0.2) is 4.39 Å². The standard InChI is InChI=1S/C13H14FN3O/c14-11-7-9-1-2-10(8-12(9)16-13(11)18)17-5-3-15-4-6-17/h1-2,7-8,15H,3-6H2,(H,16,18). The molecule has 2 heterocycles. The topological polar surface area (TPSA) is 48.1 Å². The molecule has 0 radical (unpaired) electrons. The van der Waals surface area contributed by atoms with Crippen molar-refractivity contribution < 1.29 is 4.39 Å². The Labute approximate surface area is 103 Å². The first-order valence-electron chi connectivity index (χ1n) is 6.02. The highest BCUT2D eigenvalue weighted by atomic mass is 19.1. The van der Waals surface area contributed by atoms with E-state index in [-0.39, 0.29) is 0 Å². The van der Waals surface area contributed by atoms with Gasteiger partial charge in [-0.15, -0.1) is 0 Å². The number of halogens is 1. The monoisotopic (exact) mass is 247 g/mol. The lowest BCUT2D eigenvalue weighted by Crippen LogP contribution is -2.43. The molecule has 0 amide bonds. The van der Waals surface area contributed by atoms with Crippen LogP contribution in [0.2, 0.25) is 0 Å². The van der Waals surface area contributed by atoms with Gasteiger partial charge in [0.15, 0.2) is 5.82 Å². The summed E-state index contributed by atoms with van der Waals surface area (Å²) in [6, 6.07) is 6.98. The number of benzene rings is 1. The molecule has 4 nitrogen and oxygen atoms in total. The maximum Gasteiger partial charge on any atom is 0.284 e. The van der Waals surface area contributed by atoms with Gasteiger partial charge < -0.3 is 15.2 Å². The molecule has 1 fully saturated rings. The number of fused-ring (bicyclic) bond motifs is 1. The molecular weight excluding hydrogens is 233 g/mol. The van der Waals surface area contributed by atoms with Crippen molar-refractivity contribution in [3.8, 4) is 0 Å². The molecule has 1 saturated heterocycles. The fraction of sp³-hybridized carbons (Fsp3) is 0.308. The van der Waals surface area contributed by atoms with Crippen LogP contribution in [0.3, 0.4) is 0 Å². The van der Waals surface area contributed by atoms with E-state index in [0.29, 0.717) is 10.9 Å². The molecule has 1 aliphatic heterocycles. The van der Waals surface area contributed by atoms with Crippen molar-refractivity contribution >= 4 is 16.6 Å². The van der Waals surface area contributed by atoms with Gasteiger partial charge in [0.05, 0.1) is 5.52 Å². The molecule has 0 aliphatic carbocycles. The van der Waals surface area contributed by atoms with Crippen molar-refractivity contribution in [1.82, 2.24) is 10.3 Å². The van der Waals surface area contributed by atoms with Crippen molar-refractivity contribution in [1.29, 1.82) is 0 Å². The van der Waals surface area contributed by atoms with Crippen molar-refractivity contribution in [3.63, 3.8) is 0 Å². The van der Waals surface area contributed by atoms with Crippen LogP contribution in [0.15, 0.2) is 29.1 Å². The number of pyridine rings is 1. The molecule has 2 N–H and O–H groups in total. The van der Waals surface area contributed by atoms with Gasteiger partial charge in [-0.1, -0.05) is 6.07 Å². The molecule has 3 rings (SSSR count). The first kappa shape index (κ1) is 11.2. The van der Waals surface area contributed by atoms with Gasteiger partial charge in [0.1, 0.15) is 0 Å². The largest absolute Gasteiger partial charge is 0.369 e. The molecule has 94 valence electrons. The third-order valence-corrected chi connectivity index (χ3v) is 3.27. The zero-order valence-corrected chi connectivity index (χ0v) is 9.87. The van der Waals surface area contributed by atoms with E-state index >= 15 is 0 Å². The second-order valence-electron chi connectivity index (χ2n) is 4.46. The number of hydrogen-bond acceptors (Lipinski definition) is 3. The number of hydrogen-bond donors (Lipinski definition) is 2. The van der Waals surface area contributed by atoms with Crippen molar-refractivity contribution in [2.45, 2.75) is 0 Å². The number of aromatic amines is 1. The summed E-state index contributed by atoms with van der Waals surface area (Å²) in [5.74, 6) is -0.738. The summed E-state index contributed by atoms with van der Waals surface area (Å²) in [6.45, 7) is 3.80. The maximum atomic E-state index is 13.1. The van der Waals surface area contributed by atoms with Crippen LogP contribution >= 0.6 is 0 Å². The van der Waals surface area contributed by atoms with E-state index in [2.05, 4.69) is 15.2 Å². The molecule has 18 heavy (non-hydrogen) atoms. The second-order valence-corrected chi connectivity index (χ2v) is 4.46. The molecule has 5 heteroatoms. The van der Waals surface area contributed by atoms with Gasteiger partial charge in [0.2, 0.25) is 0 Å². The Morgan fingerprint density at radius 2 is 1.94 bits per heavy atom. The van der Waals surface area contributed by atoms with Crippen LogP contribution in [0.1, 0.15) is 0 Å². The number of nitrogens with one attached hydrogen (secondary N) is 2. The number of piperazine rings is 1. The highest BCUT2D eigenvalue weighted by Crippen LogP contribution is 2.20. The van der Waals surface area contributed by atoms with Crippen molar-refractivity contribution in [2.75, 3.05) is 31.1 Å². The van der Waals surface area contributed by atoms with E-state index in [1.54, 1.807) is 0 Å². The van der Waals surface area contributed by atoms with E-state index in [0.717, 1.165) is 31.9 Å². The highest BCUT2D eigenvalue weighted by Gasteiger charge is 2.11. The van der Waals surface area contributed by atoms with Crippen LogP contribution in [0.4, 0.5) is 10.1 Å². The molecule has 1 aromatic heterocycles. The smallest absolute Gasteiger partial charge is 0.284 e. The minimum atomic E-state index is -0.738. The molecule has 0 spiro atoms. The van der Waals surface area contributed by atoms with Crippen LogP contribution in [-0.2, 0) is 0 Å². The van der Waals surface area contributed by atoms with Crippen LogP contribution < -0.4 is 15.8 Å². The minimum Gasteiger partial charge on any atom is -0.369 e. The van der Waals surface area contributed by atoms with Gasteiger partial charge in [-0.2, -0.15) is 0 Å². The summed E-state index contributed by atoms with van der Waals surface area (Å²) in [5, 5.41) is 4.00. The van der Waals surface area contributed by atoms with Gasteiger partial charge in [0.25, 0.3) is 5.56 Å². The third-order valence-electron chi connectivity index (χ3n) is 3.27. The Morgan fingerprint density at radius 1 is 1.17 bits per heavy atom. The quantitative estimate of drug-likeness (QED) is 0.792. The fourth-order valence-electron chi connectivity index (χ4n) is 2.28. The average Bonchev–Trinajstić information content (AvgIpc) is 2.41.